The number of carbonyl (C=O) groups is 1. The second kappa shape index (κ2) is 5.03. The van der Waals surface area contributed by atoms with Gasteiger partial charge >= 0.3 is 0 Å². The fourth-order valence-electron chi connectivity index (χ4n) is 2.24. The molecule has 0 radical (unpaired) electrons. The van der Waals surface area contributed by atoms with Gasteiger partial charge < -0.3 is 9.90 Å². The summed E-state index contributed by atoms with van der Waals surface area (Å²) in [7, 11) is 0. The summed E-state index contributed by atoms with van der Waals surface area (Å²) in [6.07, 6.45) is 7.04. The number of carboxylic acids is 1. The van der Waals surface area contributed by atoms with Crippen molar-refractivity contribution in [2.75, 3.05) is 0 Å². The topological polar surface area (TPSA) is 40.1 Å². The largest absolute Gasteiger partial charge is 0.537 e. The first-order chi connectivity index (χ1) is 7.43. The molecular weight excluding hydrogens is 200 g/mol. The molecule has 0 amide bonds. The molecule has 2 nitrogen and oxygen atoms in total. The molecule has 0 aromatic rings. The third-order valence-electron chi connectivity index (χ3n) is 3.05. The van der Waals surface area contributed by atoms with Crippen LogP contribution in [-0.2, 0) is 4.79 Å². The van der Waals surface area contributed by atoms with Gasteiger partial charge in [-0.05, 0) is 49.2 Å². The fraction of sp³-hybridized carbons (Fsp3) is 0.500. The van der Waals surface area contributed by atoms with Crippen molar-refractivity contribution in [3.63, 3.8) is 0 Å². The molecule has 16 heavy (non-hydrogen) atoms. The first kappa shape index (κ1) is 12.6. The van der Waals surface area contributed by atoms with E-state index in [1.165, 1.54) is 17.6 Å². The van der Waals surface area contributed by atoms with Crippen LogP contribution in [0.25, 0.3) is 0 Å². The summed E-state index contributed by atoms with van der Waals surface area (Å²) in [4.78, 5) is 10.1. The van der Waals surface area contributed by atoms with Gasteiger partial charge in [0.15, 0.2) is 0 Å². The van der Waals surface area contributed by atoms with Crippen LogP contribution in [-0.4, -0.2) is 5.97 Å². The molecule has 0 aromatic carbocycles. The Morgan fingerprint density at radius 3 is 2.75 bits per heavy atom. The number of carbonyl (C=O) groups excluding carboxylic acids is 1. The Balaban J connectivity index is 2.87. The minimum atomic E-state index is -1.33. The maximum absolute atomic E-state index is 10.1. The van der Waals surface area contributed by atoms with E-state index in [1.54, 1.807) is 6.08 Å². The van der Waals surface area contributed by atoms with Crippen LogP contribution in [0.3, 0.4) is 0 Å². The summed E-state index contributed by atoms with van der Waals surface area (Å²) in [6.45, 7) is 6.55. The lowest BCUT2D eigenvalue weighted by molar-refractivity contribution is -0.295. The highest BCUT2D eigenvalue weighted by atomic mass is 16.4. The van der Waals surface area contributed by atoms with E-state index in [2.05, 4.69) is 26.7 Å². The average Bonchev–Trinajstić information content (AvgIpc) is 2.14. The Labute approximate surface area is 97.1 Å². The lowest BCUT2D eigenvalue weighted by Gasteiger charge is -2.32. The average molecular weight is 217 g/mol. The van der Waals surface area contributed by atoms with E-state index in [0.29, 0.717) is 0 Å². The van der Waals surface area contributed by atoms with E-state index in [4.69, 9.17) is 0 Å². The van der Waals surface area contributed by atoms with Crippen molar-refractivity contribution in [3.8, 4) is 11.8 Å². The minimum Gasteiger partial charge on any atom is -0.537 e. The zero-order valence-corrected chi connectivity index (χ0v) is 10.1. The van der Waals surface area contributed by atoms with Crippen LogP contribution < -0.4 is 5.11 Å². The van der Waals surface area contributed by atoms with Crippen molar-refractivity contribution in [2.24, 2.45) is 5.41 Å². The molecule has 0 unspecified atom stereocenters. The zero-order chi connectivity index (χ0) is 12.2. The third-order valence-corrected chi connectivity index (χ3v) is 3.05. The minimum absolute atomic E-state index is 0.169. The number of hydrogen-bond donors (Lipinski definition) is 0. The zero-order valence-electron chi connectivity index (χ0n) is 10.1. The summed E-state index contributed by atoms with van der Waals surface area (Å²) in [5.74, 6) is 3.10. The van der Waals surface area contributed by atoms with Crippen LogP contribution in [0.2, 0.25) is 0 Å². The Kier molecular flexibility index (Phi) is 3.95. The molecule has 0 spiro atoms. The highest BCUT2D eigenvalue weighted by Gasteiger charge is 2.26. The molecule has 0 saturated carbocycles. The van der Waals surface area contributed by atoms with Gasteiger partial charge in [-0.15, -0.1) is 0 Å². The number of rotatable bonds is 1. The van der Waals surface area contributed by atoms with Gasteiger partial charge in [0.2, 0.25) is 0 Å². The molecule has 0 heterocycles. The summed E-state index contributed by atoms with van der Waals surface area (Å²) >= 11 is 0. The Morgan fingerprint density at radius 2 is 2.19 bits per heavy atom. The Hall–Kier alpha value is -1.49. The maximum atomic E-state index is 10.1. The van der Waals surface area contributed by atoms with Gasteiger partial charge in [0, 0.05) is 0 Å². The van der Waals surface area contributed by atoms with Crippen LogP contribution >= 0.6 is 0 Å². The van der Waals surface area contributed by atoms with Crippen LogP contribution in [0.4, 0.5) is 0 Å². The summed E-state index contributed by atoms with van der Waals surface area (Å²) in [5.41, 5.74) is 2.83. The smallest absolute Gasteiger partial charge is 0.116 e. The van der Waals surface area contributed by atoms with Crippen molar-refractivity contribution >= 4 is 5.97 Å². The molecule has 0 aromatic heterocycles. The third kappa shape index (κ3) is 3.27. The first-order valence-corrected chi connectivity index (χ1v) is 5.53. The normalized spacial score (nSPS) is 19.4. The van der Waals surface area contributed by atoms with Crippen molar-refractivity contribution in [3.05, 3.63) is 23.3 Å². The summed E-state index contributed by atoms with van der Waals surface area (Å²) in [5, 5.41) is 10.1. The molecular formula is C14H17O2-. The van der Waals surface area contributed by atoms with Gasteiger partial charge in [0.05, 0.1) is 0 Å². The van der Waals surface area contributed by atoms with Crippen LogP contribution in [0, 0.1) is 17.3 Å². The first-order valence-electron chi connectivity index (χ1n) is 5.53. The molecule has 0 fully saturated rings. The van der Waals surface area contributed by atoms with Crippen LogP contribution in [0.5, 0.6) is 0 Å². The van der Waals surface area contributed by atoms with Gasteiger partial charge in [0.1, 0.15) is 5.97 Å². The lowest BCUT2D eigenvalue weighted by Crippen LogP contribution is -2.19. The van der Waals surface area contributed by atoms with Crippen molar-refractivity contribution in [1.29, 1.82) is 0 Å². The van der Waals surface area contributed by atoms with E-state index in [0.717, 1.165) is 12.8 Å². The molecule has 1 aliphatic carbocycles. The number of allylic oxidation sites excluding steroid dienone is 4. The molecule has 2 heteroatoms. The van der Waals surface area contributed by atoms with Crippen molar-refractivity contribution in [2.45, 2.75) is 40.0 Å². The summed E-state index contributed by atoms with van der Waals surface area (Å²) < 4.78 is 0. The molecule has 86 valence electrons. The van der Waals surface area contributed by atoms with E-state index < -0.39 is 5.97 Å². The fourth-order valence-corrected chi connectivity index (χ4v) is 2.24. The maximum Gasteiger partial charge on any atom is 0.116 e. The van der Waals surface area contributed by atoms with Crippen LogP contribution in [0.15, 0.2) is 23.3 Å². The van der Waals surface area contributed by atoms with E-state index in [1.807, 2.05) is 12.0 Å². The van der Waals surface area contributed by atoms with Gasteiger partial charge in [-0.2, -0.15) is 0 Å². The van der Waals surface area contributed by atoms with Gasteiger partial charge in [0.25, 0.3) is 0 Å². The number of hydrogen-bond acceptors (Lipinski definition) is 2. The summed E-state index contributed by atoms with van der Waals surface area (Å²) in [6, 6.07) is 0. The quantitative estimate of drug-likeness (QED) is 0.629. The Morgan fingerprint density at radius 1 is 1.50 bits per heavy atom. The van der Waals surface area contributed by atoms with Crippen molar-refractivity contribution < 1.29 is 9.90 Å². The monoisotopic (exact) mass is 217 g/mol. The van der Waals surface area contributed by atoms with Crippen molar-refractivity contribution in [1.82, 2.24) is 0 Å². The predicted molar refractivity (Wildman–Crippen MR) is 62.3 cm³/mol. The molecule has 0 aliphatic heterocycles. The highest BCUT2D eigenvalue weighted by molar-refractivity contribution is 5.84. The molecule has 0 bridgehead atoms. The lowest BCUT2D eigenvalue weighted by atomic mass is 9.73. The number of aliphatic carboxylic acids is 1. The SMILES string of the molecule is CC1=C(/C=C/C#CC(=O)[O-])C(C)(C)CCC1. The molecule has 1 rings (SSSR count). The molecule has 0 N–H and O–H groups in total. The second-order valence-corrected chi connectivity index (χ2v) is 4.82. The van der Waals surface area contributed by atoms with Gasteiger partial charge in [-0.25, -0.2) is 0 Å². The molecule has 0 saturated heterocycles. The predicted octanol–water partition coefficient (Wildman–Crippen LogP) is 1.82. The molecule has 0 atom stereocenters. The highest BCUT2D eigenvalue weighted by Crippen LogP contribution is 2.40. The van der Waals surface area contributed by atoms with Gasteiger partial charge in [-0.3, -0.25) is 0 Å². The number of carboxylic acid groups (broad SMARTS) is 1. The van der Waals surface area contributed by atoms with Crippen LogP contribution in [0.1, 0.15) is 40.0 Å². The Bertz CT molecular complexity index is 400. The standard InChI is InChI=1S/C14H18O2/c1-11-7-6-10-14(2,3)12(11)8-4-5-9-13(15)16/h4,8H,6-7,10H2,1-3H3,(H,15,16)/p-1/b8-4+. The van der Waals surface area contributed by atoms with E-state index in [-0.39, 0.29) is 5.41 Å². The molecule has 1 aliphatic rings. The van der Waals surface area contributed by atoms with Gasteiger partial charge in [-0.1, -0.05) is 31.4 Å². The van der Waals surface area contributed by atoms with E-state index >= 15 is 0 Å². The van der Waals surface area contributed by atoms with E-state index in [9.17, 15) is 9.90 Å². The second-order valence-electron chi connectivity index (χ2n) is 4.82.